The Morgan fingerprint density at radius 1 is 1.17 bits per heavy atom. The summed E-state index contributed by atoms with van der Waals surface area (Å²) in [5, 5.41) is 9.13. The van der Waals surface area contributed by atoms with E-state index in [4.69, 9.17) is 5.10 Å². The molecule has 5 nitrogen and oxygen atoms in total. The van der Waals surface area contributed by atoms with Crippen LogP contribution < -0.4 is 10.7 Å². The number of H-pyrrole nitrogens is 1. The third-order valence-corrected chi connectivity index (χ3v) is 6.32. The first-order valence-electron chi connectivity index (χ1n) is 10.6. The van der Waals surface area contributed by atoms with Gasteiger partial charge in [-0.2, -0.15) is 5.10 Å². The normalized spacial score (nSPS) is 16.0. The molecule has 1 aliphatic rings. The maximum Gasteiger partial charge on any atom is 0.189 e. The molecule has 152 valence electrons. The van der Waals surface area contributed by atoms with Gasteiger partial charge in [-0.15, -0.1) is 0 Å². The van der Waals surface area contributed by atoms with Gasteiger partial charge in [-0.05, 0) is 62.4 Å². The summed E-state index contributed by atoms with van der Waals surface area (Å²) < 4.78 is 2.11. The topological polar surface area (TPSA) is 62.7 Å². The highest BCUT2D eigenvalue weighted by atomic mass is 16.1. The number of rotatable bonds is 4. The molecule has 1 aliphatic carbocycles. The molecule has 0 radical (unpaired) electrons. The molecule has 5 rings (SSSR count). The summed E-state index contributed by atoms with van der Waals surface area (Å²) in [5.74, 6) is 0. The van der Waals surface area contributed by atoms with Crippen LogP contribution in [0.2, 0.25) is 0 Å². The van der Waals surface area contributed by atoms with Gasteiger partial charge in [0.15, 0.2) is 5.43 Å². The standard InChI is InChI=1S/C25H26N4O/c1-16-7-5-11-23(17(16)2)29-24-12-6-10-21(20(24)15-27-29)26-14-18-13-25(30)19-8-3-4-9-22(19)28-18/h3-5,7-9,11,13,15,21,26H,6,10,12,14H2,1-2H3,(H,28,30)/t21-/m1/s1. The van der Waals surface area contributed by atoms with Gasteiger partial charge in [0.25, 0.3) is 0 Å². The highest BCUT2D eigenvalue weighted by Crippen LogP contribution is 2.32. The Balaban J connectivity index is 1.42. The lowest BCUT2D eigenvalue weighted by atomic mass is 9.92. The van der Waals surface area contributed by atoms with Gasteiger partial charge in [-0.3, -0.25) is 4.79 Å². The largest absolute Gasteiger partial charge is 0.357 e. The quantitative estimate of drug-likeness (QED) is 0.532. The number of para-hydroxylation sites is 1. The van der Waals surface area contributed by atoms with Gasteiger partial charge in [-0.1, -0.05) is 24.3 Å². The van der Waals surface area contributed by atoms with Gasteiger partial charge < -0.3 is 10.3 Å². The first-order chi connectivity index (χ1) is 14.6. The average Bonchev–Trinajstić information content (AvgIpc) is 3.19. The number of aromatic amines is 1. The molecule has 0 spiro atoms. The molecule has 1 atom stereocenters. The smallest absolute Gasteiger partial charge is 0.189 e. The fraction of sp³-hybridized carbons (Fsp3) is 0.280. The predicted octanol–water partition coefficient (Wildman–Crippen LogP) is 4.50. The molecule has 4 aromatic rings. The van der Waals surface area contributed by atoms with E-state index in [-0.39, 0.29) is 11.5 Å². The minimum atomic E-state index is 0.0632. The molecule has 2 aromatic heterocycles. The molecule has 30 heavy (non-hydrogen) atoms. The molecule has 2 N–H and O–H groups in total. The van der Waals surface area contributed by atoms with Crippen LogP contribution in [0.4, 0.5) is 0 Å². The van der Waals surface area contributed by atoms with Crippen LogP contribution in [0, 0.1) is 13.8 Å². The fourth-order valence-electron chi connectivity index (χ4n) is 4.52. The van der Waals surface area contributed by atoms with Crippen LogP contribution in [0.1, 0.15) is 47.0 Å². The molecular formula is C25H26N4O. The van der Waals surface area contributed by atoms with Crippen LogP contribution >= 0.6 is 0 Å². The van der Waals surface area contributed by atoms with Crippen molar-refractivity contribution in [1.29, 1.82) is 0 Å². The molecule has 0 bridgehead atoms. The van der Waals surface area contributed by atoms with Crippen LogP contribution in [0.15, 0.2) is 59.5 Å². The van der Waals surface area contributed by atoms with Gasteiger partial charge in [0.05, 0.1) is 11.9 Å². The molecule has 2 aromatic carbocycles. The van der Waals surface area contributed by atoms with Crippen molar-refractivity contribution in [3.63, 3.8) is 0 Å². The SMILES string of the molecule is Cc1cccc(-n2ncc3c2CCC[C@H]3NCc2cc(=O)c3ccccc3[nH]2)c1C. The monoisotopic (exact) mass is 398 g/mol. The molecule has 5 heteroatoms. The Labute approximate surface area is 175 Å². The second-order valence-corrected chi connectivity index (χ2v) is 8.21. The molecule has 0 fully saturated rings. The number of hydrogen-bond donors (Lipinski definition) is 2. The van der Waals surface area contributed by atoms with Gasteiger partial charge in [0, 0.05) is 46.5 Å². The average molecular weight is 399 g/mol. The Bertz CT molecular complexity index is 1280. The van der Waals surface area contributed by atoms with E-state index in [2.05, 4.69) is 47.0 Å². The third-order valence-electron chi connectivity index (χ3n) is 6.32. The zero-order valence-electron chi connectivity index (χ0n) is 17.4. The van der Waals surface area contributed by atoms with Crippen molar-refractivity contribution < 1.29 is 0 Å². The predicted molar refractivity (Wildman–Crippen MR) is 120 cm³/mol. The van der Waals surface area contributed by atoms with Crippen molar-refractivity contribution >= 4 is 10.9 Å². The van der Waals surface area contributed by atoms with E-state index in [0.29, 0.717) is 6.54 Å². The van der Waals surface area contributed by atoms with Crippen molar-refractivity contribution in [3.8, 4) is 5.69 Å². The van der Waals surface area contributed by atoms with Gasteiger partial charge >= 0.3 is 0 Å². The summed E-state index contributed by atoms with van der Waals surface area (Å²) >= 11 is 0. The number of pyridine rings is 1. The Kier molecular flexibility index (Phi) is 4.75. The number of nitrogens with zero attached hydrogens (tertiary/aromatic N) is 2. The molecule has 2 heterocycles. The number of aryl methyl sites for hydroxylation is 1. The summed E-state index contributed by atoms with van der Waals surface area (Å²) in [6, 6.07) is 16.0. The minimum absolute atomic E-state index is 0.0632. The van der Waals surface area contributed by atoms with Crippen LogP contribution in [0.25, 0.3) is 16.6 Å². The number of fused-ring (bicyclic) bond motifs is 2. The number of hydrogen-bond acceptors (Lipinski definition) is 3. The highest BCUT2D eigenvalue weighted by molar-refractivity contribution is 5.78. The van der Waals surface area contributed by atoms with Crippen molar-refractivity contribution in [2.24, 2.45) is 0 Å². The third kappa shape index (κ3) is 3.25. The van der Waals surface area contributed by atoms with Crippen LogP contribution in [-0.2, 0) is 13.0 Å². The molecular weight excluding hydrogens is 372 g/mol. The number of benzene rings is 2. The molecule has 0 aliphatic heterocycles. The Hall–Kier alpha value is -3.18. The maximum atomic E-state index is 12.4. The summed E-state index contributed by atoms with van der Waals surface area (Å²) in [6.07, 6.45) is 5.24. The van der Waals surface area contributed by atoms with Crippen molar-refractivity contribution in [2.45, 2.75) is 45.7 Å². The lowest BCUT2D eigenvalue weighted by Gasteiger charge is -2.25. The first kappa shape index (κ1) is 18.8. The first-order valence-corrected chi connectivity index (χ1v) is 10.6. The molecule has 0 unspecified atom stereocenters. The molecule has 0 saturated heterocycles. The van der Waals surface area contributed by atoms with Crippen molar-refractivity contribution in [3.05, 3.63) is 93.0 Å². The van der Waals surface area contributed by atoms with E-state index in [1.165, 1.54) is 22.4 Å². The lowest BCUT2D eigenvalue weighted by Crippen LogP contribution is -2.26. The van der Waals surface area contributed by atoms with Gasteiger partial charge in [0.1, 0.15) is 0 Å². The molecule has 0 amide bonds. The summed E-state index contributed by atoms with van der Waals surface area (Å²) in [7, 11) is 0. The van der Waals surface area contributed by atoms with Crippen LogP contribution in [-0.4, -0.2) is 14.8 Å². The lowest BCUT2D eigenvalue weighted by molar-refractivity contribution is 0.452. The molecule has 0 saturated carbocycles. The zero-order valence-corrected chi connectivity index (χ0v) is 17.4. The van der Waals surface area contributed by atoms with E-state index < -0.39 is 0 Å². The maximum absolute atomic E-state index is 12.4. The fourth-order valence-corrected chi connectivity index (χ4v) is 4.52. The minimum Gasteiger partial charge on any atom is -0.357 e. The Morgan fingerprint density at radius 2 is 2.03 bits per heavy atom. The van der Waals surface area contributed by atoms with Crippen molar-refractivity contribution in [2.75, 3.05) is 0 Å². The second kappa shape index (κ2) is 7.58. The van der Waals surface area contributed by atoms with Crippen molar-refractivity contribution in [1.82, 2.24) is 20.1 Å². The van der Waals surface area contributed by atoms with E-state index >= 15 is 0 Å². The van der Waals surface area contributed by atoms with Gasteiger partial charge in [-0.25, -0.2) is 4.68 Å². The number of aromatic nitrogens is 3. The number of nitrogens with one attached hydrogen (secondary N) is 2. The van der Waals surface area contributed by atoms with E-state index in [0.717, 1.165) is 41.5 Å². The second-order valence-electron chi connectivity index (χ2n) is 8.21. The van der Waals surface area contributed by atoms with E-state index in [9.17, 15) is 4.79 Å². The summed E-state index contributed by atoms with van der Waals surface area (Å²) in [5.41, 5.74) is 8.13. The summed E-state index contributed by atoms with van der Waals surface area (Å²) in [4.78, 5) is 15.8. The Morgan fingerprint density at radius 3 is 2.93 bits per heavy atom. The van der Waals surface area contributed by atoms with E-state index in [1.54, 1.807) is 6.07 Å². The van der Waals surface area contributed by atoms with E-state index in [1.807, 2.05) is 30.5 Å². The highest BCUT2D eigenvalue weighted by Gasteiger charge is 2.25. The van der Waals surface area contributed by atoms with Crippen LogP contribution in [0.3, 0.4) is 0 Å². The summed E-state index contributed by atoms with van der Waals surface area (Å²) in [6.45, 7) is 4.93. The van der Waals surface area contributed by atoms with Gasteiger partial charge in [0.2, 0.25) is 0 Å². The van der Waals surface area contributed by atoms with Crippen LogP contribution in [0.5, 0.6) is 0 Å². The zero-order chi connectivity index (χ0) is 20.7.